The number of pyridine rings is 1. The van der Waals surface area contributed by atoms with Crippen molar-refractivity contribution < 1.29 is 14.5 Å². The highest BCUT2D eigenvalue weighted by Gasteiger charge is 2.13. The maximum absolute atomic E-state index is 10.6. The van der Waals surface area contributed by atoms with Gasteiger partial charge >= 0.3 is 0 Å². The summed E-state index contributed by atoms with van der Waals surface area (Å²) in [7, 11) is 0. The molecule has 0 spiro atoms. The van der Waals surface area contributed by atoms with Crippen molar-refractivity contribution >= 4 is 23.6 Å². The number of hydrogen-bond acceptors (Lipinski definition) is 5. The first-order valence-corrected chi connectivity index (χ1v) is 5.51. The second-order valence-corrected chi connectivity index (χ2v) is 3.93. The molecule has 0 radical (unpaired) electrons. The summed E-state index contributed by atoms with van der Waals surface area (Å²) in [6.45, 7) is 0. The standard InChI is InChI=1S/C12H7ClN2O4/c13-10-5-9(2-3-11(10)15(17)18)19-12-4-1-8(7-16)6-14-12/h1-7H. The lowest BCUT2D eigenvalue weighted by atomic mass is 10.3. The van der Waals surface area contributed by atoms with Crippen LogP contribution < -0.4 is 4.74 Å². The number of nitro benzene ring substituents is 1. The maximum atomic E-state index is 10.6. The number of carbonyl (C=O) groups is 1. The Hall–Kier alpha value is -2.47. The van der Waals surface area contributed by atoms with Gasteiger partial charge in [-0.2, -0.15) is 0 Å². The Bertz CT molecular complexity index is 628. The van der Waals surface area contributed by atoms with Gasteiger partial charge in [0, 0.05) is 30.0 Å². The zero-order valence-electron chi connectivity index (χ0n) is 9.45. The van der Waals surface area contributed by atoms with Crippen LogP contribution in [0.1, 0.15) is 10.4 Å². The molecule has 1 aromatic carbocycles. The Morgan fingerprint density at radius 3 is 2.63 bits per heavy atom. The van der Waals surface area contributed by atoms with E-state index < -0.39 is 4.92 Å². The van der Waals surface area contributed by atoms with E-state index in [0.29, 0.717) is 17.6 Å². The van der Waals surface area contributed by atoms with Gasteiger partial charge in [-0.3, -0.25) is 14.9 Å². The van der Waals surface area contributed by atoms with Gasteiger partial charge in [0.25, 0.3) is 5.69 Å². The van der Waals surface area contributed by atoms with Crippen LogP contribution in [0, 0.1) is 10.1 Å². The summed E-state index contributed by atoms with van der Waals surface area (Å²) in [4.78, 5) is 24.4. The van der Waals surface area contributed by atoms with Crippen molar-refractivity contribution in [3.05, 3.63) is 57.2 Å². The molecule has 6 nitrogen and oxygen atoms in total. The normalized spacial score (nSPS) is 9.95. The molecular weight excluding hydrogens is 272 g/mol. The number of benzene rings is 1. The largest absolute Gasteiger partial charge is 0.439 e. The minimum atomic E-state index is -0.580. The van der Waals surface area contributed by atoms with E-state index in [-0.39, 0.29) is 16.6 Å². The predicted octanol–water partition coefficient (Wildman–Crippen LogP) is 3.25. The second kappa shape index (κ2) is 5.45. The van der Waals surface area contributed by atoms with Gasteiger partial charge in [0.1, 0.15) is 10.8 Å². The van der Waals surface area contributed by atoms with E-state index >= 15 is 0 Å². The van der Waals surface area contributed by atoms with Crippen molar-refractivity contribution in [2.45, 2.75) is 0 Å². The van der Waals surface area contributed by atoms with Crippen molar-refractivity contribution in [1.82, 2.24) is 4.98 Å². The molecule has 2 rings (SSSR count). The molecule has 96 valence electrons. The van der Waals surface area contributed by atoms with E-state index in [9.17, 15) is 14.9 Å². The van der Waals surface area contributed by atoms with Crippen molar-refractivity contribution in [3.8, 4) is 11.6 Å². The second-order valence-electron chi connectivity index (χ2n) is 3.52. The number of nitro groups is 1. The van der Waals surface area contributed by atoms with E-state index in [0.717, 1.165) is 0 Å². The Morgan fingerprint density at radius 1 is 1.32 bits per heavy atom. The monoisotopic (exact) mass is 278 g/mol. The Balaban J connectivity index is 2.21. The quantitative estimate of drug-likeness (QED) is 0.487. The fourth-order valence-corrected chi connectivity index (χ4v) is 1.58. The summed E-state index contributed by atoms with van der Waals surface area (Å²) in [6.07, 6.45) is 2.02. The molecule has 0 saturated carbocycles. The third kappa shape index (κ3) is 3.05. The molecule has 0 saturated heterocycles. The van der Waals surface area contributed by atoms with Crippen LogP contribution in [0.2, 0.25) is 5.02 Å². The zero-order chi connectivity index (χ0) is 13.8. The van der Waals surface area contributed by atoms with E-state index in [2.05, 4.69) is 4.98 Å². The molecule has 0 aliphatic carbocycles. The number of carbonyl (C=O) groups excluding carboxylic acids is 1. The Morgan fingerprint density at radius 2 is 2.11 bits per heavy atom. The molecule has 0 atom stereocenters. The first kappa shape index (κ1) is 13.0. The van der Waals surface area contributed by atoms with Crippen molar-refractivity contribution in [1.29, 1.82) is 0 Å². The van der Waals surface area contributed by atoms with Gasteiger partial charge in [-0.1, -0.05) is 11.6 Å². The van der Waals surface area contributed by atoms with Crippen LogP contribution in [0.15, 0.2) is 36.5 Å². The number of nitrogens with zero attached hydrogens (tertiary/aromatic N) is 2. The number of aromatic nitrogens is 1. The molecule has 2 aromatic rings. The summed E-state index contributed by atoms with van der Waals surface area (Å²) in [5.41, 5.74) is 0.229. The molecule has 0 aliphatic rings. The van der Waals surface area contributed by atoms with Crippen molar-refractivity contribution in [2.24, 2.45) is 0 Å². The van der Waals surface area contributed by atoms with Crippen LogP contribution in [-0.2, 0) is 0 Å². The summed E-state index contributed by atoms with van der Waals surface area (Å²) >= 11 is 5.75. The SMILES string of the molecule is O=Cc1ccc(Oc2ccc([N+](=O)[O-])c(Cl)c2)nc1. The Labute approximate surface area is 112 Å². The van der Waals surface area contributed by atoms with Crippen LogP contribution in [0.5, 0.6) is 11.6 Å². The van der Waals surface area contributed by atoms with Crippen LogP contribution in [0.4, 0.5) is 5.69 Å². The highest BCUT2D eigenvalue weighted by Crippen LogP contribution is 2.30. The van der Waals surface area contributed by atoms with E-state index in [1.807, 2.05) is 0 Å². The van der Waals surface area contributed by atoms with Gasteiger partial charge in [0.05, 0.1) is 4.92 Å². The molecule has 0 N–H and O–H groups in total. The molecule has 0 fully saturated rings. The van der Waals surface area contributed by atoms with Gasteiger partial charge in [0.2, 0.25) is 5.88 Å². The lowest BCUT2D eigenvalue weighted by molar-refractivity contribution is -0.384. The smallest absolute Gasteiger partial charge is 0.288 e. The molecule has 0 amide bonds. The van der Waals surface area contributed by atoms with E-state index in [1.165, 1.54) is 30.5 Å². The maximum Gasteiger partial charge on any atom is 0.288 e. The highest BCUT2D eigenvalue weighted by atomic mass is 35.5. The molecule has 0 bridgehead atoms. The van der Waals surface area contributed by atoms with Gasteiger partial charge in [-0.25, -0.2) is 4.98 Å². The number of aldehydes is 1. The third-order valence-electron chi connectivity index (χ3n) is 2.23. The Kier molecular flexibility index (Phi) is 3.72. The number of halogens is 1. The average molecular weight is 279 g/mol. The van der Waals surface area contributed by atoms with Crippen LogP contribution >= 0.6 is 11.6 Å². The highest BCUT2D eigenvalue weighted by molar-refractivity contribution is 6.32. The predicted molar refractivity (Wildman–Crippen MR) is 67.8 cm³/mol. The summed E-state index contributed by atoms with van der Waals surface area (Å²) < 4.78 is 5.36. The number of hydrogen-bond donors (Lipinski definition) is 0. The molecule has 1 heterocycles. The fourth-order valence-electron chi connectivity index (χ4n) is 1.34. The van der Waals surface area contributed by atoms with Gasteiger partial charge < -0.3 is 4.74 Å². The number of ether oxygens (including phenoxy) is 1. The van der Waals surface area contributed by atoms with E-state index in [1.54, 1.807) is 6.07 Å². The lowest BCUT2D eigenvalue weighted by Crippen LogP contribution is -1.92. The third-order valence-corrected chi connectivity index (χ3v) is 2.54. The summed E-state index contributed by atoms with van der Waals surface area (Å²) in [6, 6.07) is 7.05. The van der Waals surface area contributed by atoms with Crippen LogP contribution in [0.25, 0.3) is 0 Å². The zero-order valence-corrected chi connectivity index (χ0v) is 10.2. The molecule has 0 aliphatic heterocycles. The molecule has 7 heteroatoms. The van der Waals surface area contributed by atoms with Gasteiger partial charge in [-0.05, 0) is 12.1 Å². The fraction of sp³-hybridized carbons (Fsp3) is 0. The van der Waals surface area contributed by atoms with Crippen molar-refractivity contribution in [2.75, 3.05) is 0 Å². The van der Waals surface area contributed by atoms with E-state index in [4.69, 9.17) is 16.3 Å². The topological polar surface area (TPSA) is 82.3 Å². The van der Waals surface area contributed by atoms with Crippen LogP contribution in [0.3, 0.4) is 0 Å². The molecule has 19 heavy (non-hydrogen) atoms. The first-order chi connectivity index (χ1) is 9.10. The summed E-state index contributed by atoms with van der Waals surface area (Å²) in [5, 5.41) is 10.6. The first-order valence-electron chi connectivity index (χ1n) is 5.13. The number of rotatable bonds is 4. The van der Waals surface area contributed by atoms with Crippen LogP contribution in [-0.4, -0.2) is 16.2 Å². The minimum Gasteiger partial charge on any atom is -0.439 e. The van der Waals surface area contributed by atoms with Gasteiger partial charge in [0.15, 0.2) is 6.29 Å². The molecule has 0 unspecified atom stereocenters. The van der Waals surface area contributed by atoms with Crippen molar-refractivity contribution in [3.63, 3.8) is 0 Å². The average Bonchev–Trinajstić information content (AvgIpc) is 2.39. The minimum absolute atomic E-state index is 0.0213. The molecule has 1 aromatic heterocycles. The van der Waals surface area contributed by atoms with Gasteiger partial charge in [-0.15, -0.1) is 0 Å². The molecular formula is C12H7ClN2O4. The lowest BCUT2D eigenvalue weighted by Gasteiger charge is -2.05. The summed E-state index contributed by atoms with van der Waals surface area (Å²) in [5.74, 6) is 0.581.